The summed E-state index contributed by atoms with van der Waals surface area (Å²) >= 11 is 0. The number of urea groups is 1. The minimum atomic E-state index is -1.02. The van der Waals surface area contributed by atoms with Gasteiger partial charge >= 0.3 is 11.9 Å². The highest BCUT2D eigenvalue weighted by Crippen LogP contribution is 2.17. The van der Waals surface area contributed by atoms with Gasteiger partial charge in [0, 0.05) is 0 Å². The molecule has 2 heterocycles. The normalized spacial score (nSPS) is 16.3. The minimum absolute atomic E-state index is 0.0411. The fourth-order valence-corrected chi connectivity index (χ4v) is 1.61. The third-order valence-corrected chi connectivity index (χ3v) is 2.55. The van der Waals surface area contributed by atoms with Crippen molar-refractivity contribution in [1.82, 2.24) is 10.6 Å². The third-order valence-electron chi connectivity index (χ3n) is 2.55. The zero-order valence-electron chi connectivity index (χ0n) is 9.99. The molecule has 1 aromatic heterocycles. The highest BCUT2D eigenvalue weighted by atomic mass is 16.6. The molecule has 2 N–H and O–H groups in total. The largest absolute Gasteiger partial charge is 0.433 e. The molecule has 2 rings (SSSR count). The lowest BCUT2D eigenvalue weighted by Gasteiger charge is -2.18. The molecule has 0 radical (unpaired) electrons. The molecule has 9 nitrogen and oxygen atoms in total. The lowest BCUT2D eigenvalue weighted by atomic mass is 10.0. The number of allylic oxidation sites excluding steroid dienone is 1. The molecule has 20 heavy (non-hydrogen) atoms. The van der Waals surface area contributed by atoms with Crippen LogP contribution in [0.3, 0.4) is 0 Å². The number of furan rings is 1. The van der Waals surface area contributed by atoms with Gasteiger partial charge in [0.2, 0.25) is 11.8 Å². The van der Waals surface area contributed by atoms with E-state index in [1.54, 1.807) is 0 Å². The average molecular weight is 279 g/mol. The Labute approximate surface area is 111 Å². The topological polar surface area (TPSA) is 132 Å². The minimum Gasteiger partial charge on any atom is -0.401 e. The van der Waals surface area contributed by atoms with Crippen molar-refractivity contribution in [3.8, 4) is 0 Å². The molecular formula is C11H9N3O6. The van der Waals surface area contributed by atoms with Crippen LogP contribution in [0.25, 0.3) is 6.08 Å². The molecule has 0 saturated carbocycles. The molecule has 1 aromatic rings. The number of imide groups is 2. The first-order valence-corrected chi connectivity index (χ1v) is 5.54. The van der Waals surface area contributed by atoms with Gasteiger partial charge in [-0.15, -0.1) is 0 Å². The van der Waals surface area contributed by atoms with Crippen LogP contribution in [0, 0.1) is 16.0 Å². The zero-order chi connectivity index (χ0) is 14.7. The van der Waals surface area contributed by atoms with Crippen molar-refractivity contribution in [1.29, 1.82) is 0 Å². The molecule has 0 spiro atoms. The van der Waals surface area contributed by atoms with Crippen molar-refractivity contribution in [2.24, 2.45) is 5.92 Å². The fourth-order valence-electron chi connectivity index (χ4n) is 1.61. The number of barbiturate groups is 1. The van der Waals surface area contributed by atoms with Gasteiger partial charge in [-0.3, -0.25) is 30.3 Å². The maximum Gasteiger partial charge on any atom is 0.433 e. The molecule has 104 valence electrons. The molecule has 9 heteroatoms. The first-order valence-electron chi connectivity index (χ1n) is 5.54. The van der Waals surface area contributed by atoms with E-state index in [0.29, 0.717) is 0 Å². The second kappa shape index (κ2) is 5.34. The number of hydrogen-bond acceptors (Lipinski definition) is 6. The molecule has 0 aromatic carbocycles. The predicted octanol–water partition coefficient (Wildman–Crippen LogP) is 0.573. The van der Waals surface area contributed by atoms with Crippen LogP contribution in [-0.4, -0.2) is 22.8 Å². The van der Waals surface area contributed by atoms with Crippen molar-refractivity contribution in [2.75, 3.05) is 0 Å². The van der Waals surface area contributed by atoms with Crippen LogP contribution >= 0.6 is 0 Å². The summed E-state index contributed by atoms with van der Waals surface area (Å²) in [5.41, 5.74) is 0. The van der Waals surface area contributed by atoms with Gasteiger partial charge in [-0.2, -0.15) is 0 Å². The van der Waals surface area contributed by atoms with E-state index in [2.05, 4.69) is 0 Å². The SMILES string of the molecule is O=C1NC(=O)C(CC=Cc2ccc([N+](=O)[O-])o2)C(=O)N1. The van der Waals surface area contributed by atoms with Gasteiger partial charge in [-0.1, -0.05) is 6.08 Å². The summed E-state index contributed by atoms with van der Waals surface area (Å²) in [6.45, 7) is 0. The van der Waals surface area contributed by atoms with Gasteiger partial charge in [-0.25, -0.2) is 4.79 Å². The van der Waals surface area contributed by atoms with Crippen LogP contribution in [-0.2, 0) is 9.59 Å². The van der Waals surface area contributed by atoms with Crippen LogP contribution in [0.2, 0.25) is 0 Å². The number of hydrogen-bond donors (Lipinski definition) is 2. The van der Waals surface area contributed by atoms with Crippen LogP contribution in [0.1, 0.15) is 12.2 Å². The van der Waals surface area contributed by atoms with E-state index in [0.717, 1.165) is 0 Å². The maximum absolute atomic E-state index is 11.4. The lowest BCUT2D eigenvalue weighted by molar-refractivity contribution is -0.402. The quantitative estimate of drug-likeness (QED) is 0.470. The standard InChI is InChI=1S/C11H9N3O6/c15-9-7(10(16)13-11(17)12-9)3-1-2-6-4-5-8(20-6)14(18)19/h1-2,4-5,7H,3H2,(H2,12,13,15,16,17). The second-order valence-electron chi connectivity index (χ2n) is 3.93. The van der Waals surface area contributed by atoms with E-state index in [1.165, 1.54) is 24.3 Å². The summed E-state index contributed by atoms with van der Waals surface area (Å²) in [4.78, 5) is 43.4. The zero-order valence-corrected chi connectivity index (χ0v) is 9.99. The molecule has 4 amide bonds. The number of nitrogens with zero attached hydrogens (tertiary/aromatic N) is 1. The molecule has 0 unspecified atom stereocenters. The molecule has 1 aliphatic rings. The summed E-state index contributed by atoms with van der Waals surface area (Å²) in [5.74, 6) is -2.57. The summed E-state index contributed by atoms with van der Waals surface area (Å²) in [6.07, 6.45) is 2.91. The van der Waals surface area contributed by atoms with Crippen LogP contribution in [0.15, 0.2) is 22.6 Å². The fraction of sp³-hybridized carbons (Fsp3) is 0.182. The van der Waals surface area contributed by atoms with Crippen LogP contribution in [0.4, 0.5) is 10.7 Å². The molecule has 1 aliphatic heterocycles. The predicted molar refractivity (Wildman–Crippen MR) is 64.2 cm³/mol. The number of carbonyl (C=O) groups excluding carboxylic acids is 3. The maximum atomic E-state index is 11.4. The third kappa shape index (κ3) is 2.88. The van der Waals surface area contributed by atoms with Crippen molar-refractivity contribution in [3.05, 3.63) is 34.1 Å². The lowest BCUT2D eigenvalue weighted by Crippen LogP contribution is -2.55. The number of amides is 4. The van der Waals surface area contributed by atoms with Crippen LogP contribution in [0.5, 0.6) is 0 Å². The highest BCUT2D eigenvalue weighted by Gasteiger charge is 2.32. The van der Waals surface area contributed by atoms with Crippen LogP contribution < -0.4 is 10.6 Å². The number of nitro groups is 1. The molecule has 0 aliphatic carbocycles. The second-order valence-corrected chi connectivity index (χ2v) is 3.93. The smallest absolute Gasteiger partial charge is 0.401 e. The van der Waals surface area contributed by atoms with E-state index in [4.69, 9.17) is 4.42 Å². The van der Waals surface area contributed by atoms with Crippen molar-refractivity contribution < 1.29 is 23.7 Å². The Kier molecular flexibility index (Phi) is 3.60. The summed E-state index contributed by atoms with van der Waals surface area (Å²) in [5, 5.41) is 14.3. The van der Waals surface area contributed by atoms with E-state index in [-0.39, 0.29) is 12.2 Å². The molecular weight excluding hydrogens is 270 g/mol. The molecule has 0 atom stereocenters. The summed E-state index contributed by atoms with van der Waals surface area (Å²) in [6, 6.07) is 1.74. The number of carbonyl (C=O) groups is 3. The first-order chi connectivity index (χ1) is 9.47. The van der Waals surface area contributed by atoms with Gasteiger partial charge in [0.05, 0.1) is 6.07 Å². The van der Waals surface area contributed by atoms with Crippen molar-refractivity contribution in [3.63, 3.8) is 0 Å². The van der Waals surface area contributed by atoms with E-state index in [9.17, 15) is 24.5 Å². The Hall–Kier alpha value is -2.97. The Morgan fingerprint density at radius 2 is 1.90 bits per heavy atom. The first kappa shape index (κ1) is 13.5. The molecule has 1 saturated heterocycles. The average Bonchev–Trinajstić information content (AvgIpc) is 2.81. The van der Waals surface area contributed by atoms with Gasteiger partial charge in [0.15, 0.2) is 0 Å². The molecule has 1 fully saturated rings. The van der Waals surface area contributed by atoms with Crippen molar-refractivity contribution >= 4 is 29.8 Å². The van der Waals surface area contributed by atoms with E-state index >= 15 is 0 Å². The van der Waals surface area contributed by atoms with Gasteiger partial charge < -0.3 is 4.42 Å². The Balaban J connectivity index is 1.98. The van der Waals surface area contributed by atoms with Gasteiger partial charge in [0.1, 0.15) is 16.6 Å². The summed E-state index contributed by atoms with van der Waals surface area (Å²) in [7, 11) is 0. The Morgan fingerprint density at radius 1 is 1.25 bits per heavy atom. The van der Waals surface area contributed by atoms with E-state index < -0.39 is 34.6 Å². The number of nitrogens with one attached hydrogen (secondary N) is 2. The van der Waals surface area contributed by atoms with Gasteiger partial charge in [0.25, 0.3) is 0 Å². The monoisotopic (exact) mass is 279 g/mol. The van der Waals surface area contributed by atoms with Gasteiger partial charge in [-0.05, 0) is 18.6 Å². The van der Waals surface area contributed by atoms with E-state index in [1.807, 2.05) is 10.6 Å². The number of rotatable bonds is 4. The highest BCUT2D eigenvalue weighted by molar-refractivity contribution is 6.16. The Morgan fingerprint density at radius 3 is 2.45 bits per heavy atom. The molecule has 0 bridgehead atoms. The Bertz CT molecular complexity index is 597. The summed E-state index contributed by atoms with van der Waals surface area (Å²) < 4.78 is 4.86. The van der Waals surface area contributed by atoms with Crippen molar-refractivity contribution in [2.45, 2.75) is 6.42 Å².